The lowest BCUT2D eigenvalue weighted by Gasteiger charge is -2.12. The molecule has 5 heteroatoms. The van der Waals surface area contributed by atoms with Gasteiger partial charge in [-0.1, -0.05) is 36.4 Å². The van der Waals surface area contributed by atoms with Gasteiger partial charge in [-0.25, -0.2) is 4.98 Å². The molecule has 4 nitrogen and oxygen atoms in total. The van der Waals surface area contributed by atoms with E-state index in [4.69, 9.17) is 10.00 Å². The molecule has 0 saturated carbocycles. The molecule has 0 bridgehead atoms. The summed E-state index contributed by atoms with van der Waals surface area (Å²) in [5, 5.41) is 20.8. The summed E-state index contributed by atoms with van der Waals surface area (Å²) >= 11 is 1.51. The van der Waals surface area contributed by atoms with Gasteiger partial charge in [0.25, 0.3) is 0 Å². The predicted octanol–water partition coefficient (Wildman–Crippen LogP) is 3.83. The van der Waals surface area contributed by atoms with Gasteiger partial charge in [0.1, 0.15) is 12.4 Å². The number of benzene rings is 2. The molecule has 0 spiro atoms. The van der Waals surface area contributed by atoms with Crippen molar-refractivity contribution in [1.29, 1.82) is 5.26 Å². The fourth-order valence-electron chi connectivity index (χ4n) is 2.34. The van der Waals surface area contributed by atoms with Gasteiger partial charge in [0.05, 0.1) is 29.1 Å². The van der Waals surface area contributed by atoms with Crippen molar-refractivity contribution >= 4 is 22.7 Å². The van der Waals surface area contributed by atoms with Crippen molar-refractivity contribution < 1.29 is 9.84 Å². The van der Waals surface area contributed by atoms with Crippen molar-refractivity contribution in [3.63, 3.8) is 0 Å². The van der Waals surface area contributed by atoms with Gasteiger partial charge in [-0.2, -0.15) is 5.26 Å². The highest BCUT2D eigenvalue weighted by Crippen LogP contribution is 2.21. The molecule has 1 unspecified atom stereocenters. The van der Waals surface area contributed by atoms with Gasteiger partial charge in [-0.05, 0) is 29.8 Å². The second kappa shape index (κ2) is 8.52. The molecular weight excluding hydrogens is 332 g/mol. The van der Waals surface area contributed by atoms with E-state index in [1.807, 2.05) is 60.7 Å². The number of hydrogen-bond acceptors (Lipinski definition) is 5. The summed E-state index contributed by atoms with van der Waals surface area (Å²) in [7, 11) is 0. The molecule has 0 radical (unpaired) electrons. The summed E-state index contributed by atoms with van der Waals surface area (Å²) in [6, 6.07) is 21.4. The van der Waals surface area contributed by atoms with Crippen LogP contribution in [0.3, 0.4) is 0 Å². The molecule has 126 valence electrons. The minimum atomic E-state index is -0.586. The molecule has 3 rings (SSSR count). The number of ether oxygens (including phenoxy) is 1. The van der Waals surface area contributed by atoms with Gasteiger partial charge in [0.2, 0.25) is 0 Å². The summed E-state index contributed by atoms with van der Waals surface area (Å²) in [6.07, 6.45) is -0.199. The predicted molar refractivity (Wildman–Crippen MR) is 99.7 cm³/mol. The van der Waals surface area contributed by atoms with Gasteiger partial charge < -0.3 is 9.84 Å². The summed E-state index contributed by atoms with van der Waals surface area (Å²) in [5.41, 5.74) is 1.91. The second-order valence-corrected chi connectivity index (χ2v) is 6.64. The number of nitriles is 1. The highest BCUT2D eigenvalue weighted by Gasteiger charge is 2.08. The third kappa shape index (κ3) is 4.96. The lowest BCUT2D eigenvalue weighted by Crippen LogP contribution is -2.20. The summed E-state index contributed by atoms with van der Waals surface area (Å²) in [4.78, 5) is 4.58. The number of rotatable bonds is 7. The Labute approximate surface area is 151 Å². The average molecular weight is 350 g/mol. The van der Waals surface area contributed by atoms with Crippen molar-refractivity contribution in [3.05, 3.63) is 66.2 Å². The normalized spacial score (nSPS) is 11.8. The molecule has 0 aliphatic rings. The molecule has 3 aromatic rings. The van der Waals surface area contributed by atoms with Crippen LogP contribution in [-0.4, -0.2) is 28.6 Å². The maximum absolute atomic E-state index is 10.1. The Bertz CT molecular complexity index is 875. The van der Waals surface area contributed by atoms with E-state index in [1.165, 1.54) is 11.8 Å². The van der Waals surface area contributed by atoms with Crippen molar-refractivity contribution in [2.75, 3.05) is 12.4 Å². The topological polar surface area (TPSA) is 66.1 Å². The molecule has 0 aliphatic carbocycles. The van der Waals surface area contributed by atoms with E-state index < -0.39 is 6.10 Å². The fourth-order valence-corrected chi connectivity index (χ4v) is 3.13. The van der Waals surface area contributed by atoms with Crippen LogP contribution in [0.2, 0.25) is 0 Å². The molecule has 0 saturated heterocycles. The monoisotopic (exact) mass is 350 g/mol. The molecular formula is C20H18N2O2S. The zero-order valence-electron chi connectivity index (χ0n) is 13.6. The number of fused-ring (bicyclic) bond motifs is 1. The van der Waals surface area contributed by atoms with E-state index in [1.54, 1.807) is 0 Å². The van der Waals surface area contributed by atoms with Crippen LogP contribution in [0.1, 0.15) is 5.56 Å². The Morgan fingerprint density at radius 1 is 1.08 bits per heavy atom. The molecule has 0 fully saturated rings. The fraction of sp³-hybridized carbons (Fsp3) is 0.200. The van der Waals surface area contributed by atoms with Crippen LogP contribution in [0.25, 0.3) is 10.9 Å². The number of aromatic nitrogens is 1. The largest absolute Gasteiger partial charge is 0.491 e. The number of para-hydroxylation sites is 1. The first-order valence-corrected chi connectivity index (χ1v) is 8.98. The number of nitrogens with zero attached hydrogens (tertiary/aromatic N) is 2. The van der Waals surface area contributed by atoms with E-state index in [9.17, 15) is 5.11 Å². The highest BCUT2D eigenvalue weighted by atomic mass is 32.2. The van der Waals surface area contributed by atoms with E-state index >= 15 is 0 Å². The zero-order chi connectivity index (χ0) is 17.5. The first-order valence-electron chi connectivity index (χ1n) is 8.00. The third-order valence-electron chi connectivity index (χ3n) is 3.65. The van der Waals surface area contributed by atoms with Crippen LogP contribution in [0.5, 0.6) is 5.75 Å². The number of hydrogen-bond donors (Lipinski definition) is 1. The van der Waals surface area contributed by atoms with Gasteiger partial charge in [0, 0.05) is 11.1 Å². The molecule has 2 aromatic carbocycles. The molecule has 1 aromatic heterocycles. The molecule has 1 N–H and O–H groups in total. The van der Waals surface area contributed by atoms with Crippen molar-refractivity contribution in [1.82, 2.24) is 4.98 Å². The maximum Gasteiger partial charge on any atom is 0.119 e. The Morgan fingerprint density at radius 3 is 2.68 bits per heavy atom. The summed E-state index contributed by atoms with van der Waals surface area (Å²) < 4.78 is 5.59. The van der Waals surface area contributed by atoms with E-state index in [2.05, 4.69) is 11.1 Å². The average Bonchev–Trinajstić information content (AvgIpc) is 2.66. The SMILES string of the molecule is N#CCc1ccc(OCC(O)CSc2ccc3ccccc3n2)cc1. The van der Waals surface area contributed by atoms with Gasteiger partial charge in [0.15, 0.2) is 0 Å². The molecule has 1 heterocycles. The number of thioether (sulfide) groups is 1. The Hall–Kier alpha value is -2.55. The number of aliphatic hydroxyl groups is 1. The van der Waals surface area contributed by atoms with Crippen molar-refractivity contribution in [2.45, 2.75) is 17.6 Å². The molecule has 1 atom stereocenters. The Kier molecular flexibility index (Phi) is 5.89. The van der Waals surface area contributed by atoms with Crippen LogP contribution in [-0.2, 0) is 6.42 Å². The Balaban J connectivity index is 1.48. The van der Waals surface area contributed by atoms with Crippen LogP contribution >= 0.6 is 11.8 Å². The second-order valence-electron chi connectivity index (χ2n) is 5.60. The smallest absolute Gasteiger partial charge is 0.119 e. The standard InChI is InChI=1S/C20H18N2O2S/c21-12-11-15-5-8-18(9-6-15)24-13-17(23)14-25-20-10-7-16-3-1-2-4-19(16)22-20/h1-10,17,23H,11,13-14H2. The van der Waals surface area contributed by atoms with E-state index in [-0.39, 0.29) is 6.61 Å². The third-order valence-corrected chi connectivity index (χ3v) is 4.72. The van der Waals surface area contributed by atoms with Crippen molar-refractivity contribution in [2.24, 2.45) is 0 Å². The van der Waals surface area contributed by atoms with Crippen LogP contribution in [0.4, 0.5) is 0 Å². The Morgan fingerprint density at radius 2 is 1.88 bits per heavy atom. The van der Waals surface area contributed by atoms with Crippen LogP contribution in [0, 0.1) is 11.3 Å². The number of aliphatic hydroxyl groups excluding tert-OH is 1. The number of pyridine rings is 1. The highest BCUT2D eigenvalue weighted by molar-refractivity contribution is 7.99. The zero-order valence-corrected chi connectivity index (χ0v) is 14.4. The molecule has 0 aliphatic heterocycles. The minimum Gasteiger partial charge on any atom is -0.491 e. The van der Waals surface area contributed by atoms with E-state index in [0.29, 0.717) is 17.9 Å². The summed E-state index contributed by atoms with van der Waals surface area (Å²) in [6.45, 7) is 0.220. The van der Waals surface area contributed by atoms with Crippen LogP contribution < -0.4 is 4.74 Å². The first-order chi connectivity index (χ1) is 12.2. The molecule has 25 heavy (non-hydrogen) atoms. The first kappa shape index (κ1) is 17.3. The van der Waals surface area contributed by atoms with Gasteiger partial charge in [-0.3, -0.25) is 0 Å². The summed E-state index contributed by atoms with van der Waals surface area (Å²) in [5.74, 6) is 1.20. The lowest BCUT2D eigenvalue weighted by molar-refractivity contribution is 0.126. The van der Waals surface area contributed by atoms with Gasteiger partial charge >= 0.3 is 0 Å². The van der Waals surface area contributed by atoms with Crippen LogP contribution in [0.15, 0.2) is 65.7 Å². The van der Waals surface area contributed by atoms with Gasteiger partial charge in [-0.15, -0.1) is 11.8 Å². The van der Waals surface area contributed by atoms with Crippen molar-refractivity contribution in [3.8, 4) is 11.8 Å². The lowest BCUT2D eigenvalue weighted by atomic mass is 10.2. The maximum atomic E-state index is 10.1. The molecule has 0 amide bonds. The minimum absolute atomic E-state index is 0.220. The van der Waals surface area contributed by atoms with E-state index in [0.717, 1.165) is 21.5 Å². The quantitative estimate of drug-likeness (QED) is 0.656.